The average molecular weight is 464 g/mol. The van der Waals surface area contributed by atoms with Crippen LogP contribution in [-0.2, 0) is 9.68 Å². The van der Waals surface area contributed by atoms with E-state index in [0.717, 1.165) is 0 Å². The summed E-state index contributed by atoms with van der Waals surface area (Å²) in [6.45, 7) is 10.8. The molecule has 2 aromatic carbocycles. The van der Waals surface area contributed by atoms with Gasteiger partial charge >= 0.3 is 6.16 Å². The first-order chi connectivity index (χ1) is 16.0. The van der Waals surface area contributed by atoms with Crippen molar-refractivity contribution < 1.29 is 33.6 Å². The molecule has 2 aromatic rings. The lowest BCUT2D eigenvalue weighted by atomic mass is 9.92. The predicted octanol–water partition coefficient (Wildman–Crippen LogP) is 4.43. The van der Waals surface area contributed by atoms with Crippen molar-refractivity contribution in [3.05, 3.63) is 68.8 Å². The van der Waals surface area contributed by atoms with E-state index in [1.807, 2.05) is 27.7 Å². The molecule has 0 unspecified atom stereocenters. The second-order valence-corrected chi connectivity index (χ2v) is 8.99. The summed E-state index contributed by atoms with van der Waals surface area (Å²) in [7, 11) is 0. The van der Waals surface area contributed by atoms with Gasteiger partial charge in [0.2, 0.25) is 0 Å². The van der Waals surface area contributed by atoms with Crippen LogP contribution in [0.1, 0.15) is 103 Å². The Bertz CT molecular complexity index is 1200. The third-order valence-corrected chi connectivity index (χ3v) is 6.06. The van der Waals surface area contributed by atoms with Crippen molar-refractivity contribution in [1.29, 1.82) is 0 Å². The summed E-state index contributed by atoms with van der Waals surface area (Å²) in [6, 6.07) is 6.93. The quantitative estimate of drug-likeness (QED) is 0.616. The molecule has 2 aliphatic heterocycles. The van der Waals surface area contributed by atoms with Crippen molar-refractivity contribution in [2.24, 2.45) is 0 Å². The maximum absolute atomic E-state index is 13.0. The Kier molecular flexibility index (Phi) is 5.51. The summed E-state index contributed by atoms with van der Waals surface area (Å²) in [6.07, 6.45) is -1.56. The van der Waals surface area contributed by atoms with Crippen LogP contribution in [0.5, 0.6) is 0 Å². The number of hydroxylamine groups is 4. The van der Waals surface area contributed by atoms with Crippen molar-refractivity contribution in [2.45, 2.75) is 53.4 Å². The number of amides is 4. The average Bonchev–Trinajstić information content (AvgIpc) is 3.16. The molecule has 2 aliphatic rings. The SMILES string of the molecule is Cc1ccc(C(C)C)c2c1C(=O)N(OC(=O)ON1C(=O)c3c(C)ccc(C(C)C)c3C1=O)C2=O. The van der Waals surface area contributed by atoms with Gasteiger partial charge in [-0.25, -0.2) is 0 Å². The lowest BCUT2D eigenvalue weighted by Crippen LogP contribution is -2.38. The highest BCUT2D eigenvalue weighted by Crippen LogP contribution is 2.35. The molecular formula is C25H24N2O7. The number of hydrogen-bond acceptors (Lipinski definition) is 7. The van der Waals surface area contributed by atoms with Crippen molar-refractivity contribution in [3.8, 4) is 0 Å². The largest absolute Gasteiger partial charge is 0.560 e. The Morgan fingerprint density at radius 1 is 0.618 bits per heavy atom. The Labute approximate surface area is 196 Å². The minimum atomic E-state index is -1.56. The van der Waals surface area contributed by atoms with Gasteiger partial charge in [-0.3, -0.25) is 28.9 Å². The highest BCUT2D eigenvalue weighted by atomic mass is 16.9. The molecule has 0 aromatic heterocycles. The molecule has 0 spiro atoms. The fourth-order valence-electron chi connectivity index (χ4n) is 4.34. The van der Waals surface area contributed by atoms with Gasteiger partial charge in [0.1, 0.15) is 0 Å². The molecular weight excluding hydrogens is 440 g/mol. The molecule has 34 heavy (non-hydrogen) atoms. The normalized spacial score (nSPS) is 14.9. The van der Waals surface area contributed by atoms with Crippen molar-refractivity contribution >= 4 is 29.8 Å². The van der Waals surface area contributed by atoms with E-state index in [1.54, 1.807) is 38.1 Å². The van der Waals surface area contributed by atoms with E-state index in [4.69, 9.17) is 9.68 Å². The van der Waals surface area contributed by atoms with Gasteiger partial charge in [0.25, 0.3) is 23.6 Å². The molecule has 0 fully saturated rings. The molecule has 4 amide bonds. The summed E-state index contributed by atoms with van der Waals surface area (Å²) >= 11 is 0. The van der Waals surface area contributed by atoms with E-state index in [-0.39, 0.29) is 34.1 Å². The summed E-state index contributed by atoms with van der Waals surface area (Å²) in [4.78, 5) is 74.0. The third-order valence-electron chi connectivity index (χ3n) is 6.06. The summed E-state index contributed by atoms with van der Waals surface area (Å²) < 4.78 is 0. The van der Waals surface area contributed by atoms with E-state index in [9.17, 15) is 24.0 Å². The summed E-state index contributed by atoms with van der Waals surface area (Å²) in [5, 5.41) is 0.601. The molecule has 0 N–H and O–H groups in total. The monoisotopic (exact) mass is 464 g/mol. The smallest absolute Gasteiger partial charge is 0.293 e. The van der Waals surface area contributed by atoms with Crippen molar-refractivity contribution in [2.75, 3.05) is 0 Å². The topological polar surface area (TPSA) is 110 Å². The number of carbonyl (C=O) groups excluding carboxylic acids is 5. The number of aryl methyl sites for hydroxylation is 2. The minimum Gasteiger partial charge on any atom is -0.293 e. The Morgan fingerprint density at radius 2 is 0.941 bits per heavy atom. The highest BCUT2D eigenvalue weighted by molar-refractivity contribution is 6.23. The van der Waals surface area contributed by atoms with Gasteiger partial charge in [0.05, 0.1) is 22.3 Å². The number of nitrogens with zero attached hydrogens (tertiary/aromatic N) is 2. The zero-order chi connectivity index (χ0) is 25.1. The molecule has 2 heterocycles. The van der Waals surface area contributed by atoms with E-state index in [1.165, 1.54) is 0 Å². The molecule has 0 aliphatic carbocycles. The van der Waals surface area contributed by atoms with Gasteiger partial charge in [-0.05, 0) is 47.9 Å². The molecule has 0 bridgehead atoms. The van der Waals surface area contributed by atoms with Gasteiger partial charge in [-0.1, -0.05) is 62.1 Å². The van der Waals surface area contributed by atoms with E-state index in [0.29, 0.717) is 32.4 Å². The Morgan fingerprint density at radius 3 is 1.26 bits per heavy atom. The minimum absolute atomic E-state index is 0.0604. The van der Waals surface area contributed by atoms with Crippen LogP contribution >= 0.6 is 0 Å². The lowest BCUT2D eigenvalue weighted by molar-refractivity contribution is -0.121. The van der Waals surface area contributed by atoms with E-state index < -0.39 is 29.8 Å². The predicted molar refractivity (Wildman–Crippen MR) is 119 cm³/mol. The second kappa shape index (κ2) is 8.09. The number of benzene rings is 2. The second-order valence-electron chi connectivity index (χ2n) is 8.99. The number of fused-ring (bicyclic) bond motifs is 2. The maximum Gasteiger partial charge on any atom is 0.560 e. The Hall–Kier alpha value is -4.01. The van der Waals surface area contributed by atoms with Crippen LogP contribution < -0.4 is 0 Å². The maximum atomic E-state index is 13.0. The van der Waals surface area contributed by atoms with Gasteiger partial charge in [-0.15, -0.1) is 0 Å². The molecule has 0 saturated carbocycles. The Balaban J connectivity index is 1.58. The summed E-state index contributed by atoms with van der Waals surface area (Å²) in [5.41, 5.74) is 2.97. The van der Waals surface area contributed by atoms with Crippen molar-refractivity contribution in [3.63, 3.8) is 0 Å². The molecule has 0 radical (unpaired) electrons. The van der Waals surface area contributed by atoms with E-state index >= 15 is 0 Å². The number of rotatable bonds is 4. The third kappa shape index (κ3) is 3.35. The number of hydrogen-bond donors (Lipinski definition) is 0. The van der Waals surface area contributed by atoms with E-state index in [2.05, 4.69) is 0 Å². The number of carbonyl (C=O) groups is 5. The number of imide groups is 2. The van der Waals surface area contributed by atoms with Crippen LogP contribution in [0.2, 0.25) is 0 Å². The van der Waals surface area contributed by atoms with Crippen molar-refractivity contribution in [1.82, 2.24) is 10.1 Å². The van der Waals surface area contributed by atoms with Gasteiger partial charge in [-0.2, -0.15) is 4.79 Å². The van der Waals surface area contributed by atoms with Crippen LogP contribution in [0.3, 0.4) is 0 Å². The standard InChI is InChI=1S/C25H24N2O7/c1-11(2)15-9-7-13(5)17-19(15)23(30)26(21(17)28)33-25(32)34-27-22(29)18-14(6)8-10-16(12(3)4)20(18)24(27)31/h7-12H,1-6H3. The van der Waals surface area contributed by atoms with Gasteiger partial charge < -0.3 is 0 Å². The lowest BCUT2D eigenvalue weighted by Gasteiger charge is -2.16. The first-order valence-corrected chi connectivity index (χ1v) is 10.9. The molecule has 9 nitrogen and oxygen atoms in total. The zero-order valence-electron chi connectivity index (χ0n) is 19.7. The van der Waals surface area contributed by atoms with Gasteiger partial charge in [0, 0.05) is 0 Å². The zero-order valence-corrected chi connectivity index (χ0v) is 19.7. The van der Waals surface area contributed by atoms with Crippen LogP contribution in [0, 0.1) is 13.8 Å². The first kappa shape index (κ1) is 23.2. The fourth-order valence-corrected chi connectivity index (χ4v) is 4.34. The van der Waals surface area contributed by atoms with Crippen LogP contribution in [0.4, 0.5) is 4.79 Å². The highest BCUT2D eigenvalue weighted by Gasteiger charge is 2.45. The molecule has 4 rings (SSSR count). The summed E-state index contributed by atoms with van der Waals surface area (Å²) in [5.74, 6) is -3.40. The molecule has 176 valence electrons. The van der Waals surface area contributed by atoms with Crippen LogP contribution in [0.25, 0.3) is 0 Å². The molecule has 0 atom stereocenters. The van der Waals surface area contributed by atoms with Gasteiger partial charge in [0.15, 0.2) is 0 Å². The van der Waals surface area contributed by atoms with Crippen LogP contribution in [-0.4, -0.2) is 39.9 Å². The molecule has 9 heteroatoms. The first-order valence-electron chi connectivity index (χ1n) is 10.9. The molecule has 0 saturated heterocycles. The fraction of sp³-hybridized carbons (Fsp3) is 0.320. The van der Waals surface area contributed by atoms with Crippen LogP contribution in [0.15, 0.2) is 24.3 Å².